The molecule has 0 radical (unpaired) electrons. The topological polar surface area (TPSA) is 0 Å². The molecule has 74 valence electrons. The van der Waals surface area contributed by atoms with Crippen molar-refractivity contribution in [2.45, 2.75) is 27.2 Å². The Bertz CT molecular complexity index is 356. The predicted molar refractivity (Wildman–Crippen MR) is 64.4 cm³/mol. The molecule has 0 nitrogen and oxygen atoms in total. The van der Waals surface area contributed by atoms with E-state index >= 15 is 0 Å². The van der Waals surface area contributed by atoms with Gasteiger partial charge in [-0.05, 0) is 37.0 Å². The van der Waals surface area contributed by atoms with E-state index in [0.717, 1.165) is 12.0 Å². The Labute approximate surface area is 87.0 Å². The van der Waals surface area contributed by atoms with Crippen molar-refractivity contribution in [3.63, 3.8) is 0 Å². The maximum atomic E-state index is 3.86. The van der Waals surface area contributed by atoms with Crippen LogP contribution in [0.4, 0.5) is 0 Å². The maximum absolute atomic E-state index is 3.86. The Morgan fingerprint density at radius 1 is 1.43 bits per heavy atom. The van der Waals surface area contributed by atoms with Gasteiger partial charge in [-0.2, -0.15) is 0 Å². The molecule has 0 atom stereocenters. The van der Waals surface area contributed by atoms with E-state index in [0.29, 0.717) is 0 Å². The second-order valence-electron chi connectivity index (χ2n) is 3.72. The lowest BCUT2D eigenvalue weighted by Gasteiger charge is -2.03. The summed E-state index contributed by atoms with van der Waals surface area (Å²) in [7, 11) is 0. The third kappa shape index (κ3) is 2.88. The van der Waals surface area contributed by atoms with Gasteiger partial charge in [-0.3, -0.25) is 0 Å². The van der Waals surface area contributed by atoms with E-state index in [-0.39, 0.29) is 0 Å². The third-order valence-electron chi connectivity index (χ3n) is 2.30. The molecule has 0 N–H and O–H groups in total. The standard InChI is InChI=1S/C14H18/c1-5-13-8-7-12(4)14(10-13)9-6-11(2)3/h6-10H,2,5H2,1,3-4H3. The first kappa shape index (κ1) is 10.8. The highest BCUT2D eigenvalue weighted by Crippen LogP contribution is 2.14. The first-order valence-corrected chi connectivity index (χ1v) is 5.06. The molecule has 0 aliphatic heterocycles. The van der Waals surface area contributed by atoms with Crippen LogP contribution in [0.5, 0.6) is 0 Å². The number of rotatable bonds is 3. The van der Waals surface area contributed by atoms with Crippen molar-refractivity contribution in [3.05, 3.63) is 53.1 Å². The number of benzene rings is 1. The monoisotopic (exact) mass is 186 g/mol. The fourth-order valence-electron chi connectivity index (χ4n) is 1.32. The van der Waals surface area contributed by atoms with Gasteiger partial charge in [0.05, 0.1) is 0 Å². The Morgan fingerprint density at radius 2 is 2.14 bits per heavy atom. The van der Waals surface area contributed by atoms with E-state index in [1.54, 1.807) is 0 Å². The van der Waals surface area contributed by atoms with Crippen molar-refractivity contribution in [1.82, 2.24) is 0 Å². The Balaban J connectivity index is 3.00. The molecule has 0 aromatic heterocycles. The highest BCUT2D eigenvalue weighted by Gasteiger charge is 1.95. The molecule has 0 amide bonds. The zero-order chi connectivity index (χ0) is 10.6. The molecule has 0 unspecified atom stereocenters. The highest BCUT2D eigenvalue weighted by molar-refractivity contribution is 5.57. The van der Waals surface area contributed by atoms with Gasteiger partial charge in [0.1, 0.15) is 0 Å². The summed E-state index contributed by atoms with van der Waals surface area (Å²) in [4.78, 5) is 0. The van der Waals surface area contributed by atoms with Gasteiger partial charge in [0.2, 0.25) is 0 Å². The summed E-state index contributed by atoms with van der Waals surface area (Å²) in [6, 6.07) is 6.61. The van der Waals surface area contributed by atoms with Crippen molar-refractivity contribution < 1.29 is 0 Å². The zero-order valence-corrected chi connectivity index (χ0v) is 9.30. The van der Waals surface area contributed by atoms with Crippen LogP contribution in [0, 0.1) is 6.92 Å². The first-order valence-electron chi connectivity index (χ1n) is 5.06. The Hall–Kier alpha value is -1.30. The lowest BCUT2D eigenvalue weighted by molar-refractivity contribution is 1.13. The zero-order valence-electron chi connectivity index (χ0n) is 9.30. The van der Waals surface area contributed by atoms with E-state index in [1.165, 1.54) is 16.7 Å². The van der Waals surface area contributed by atoms with Crippen LogP contribution in [-0.2, 0) is 6.42 Å². The van der Waals surface area contributed by atoms with Crippen molar-refractivity contribution >= 4 is 6.08 Å². The molecule has 14 heavy (non-hydrogen) atoms. The molecule has 0 aliphatic rings. The number of hydrogen-bond acceptors (Lipinski definition) is 0. The predicted octanol–water partition coefficient (Wildman–Crippen LogP) is 4.15. The minimum Gasteiger partial charge on any atom is -0.0961 e. The van der Waals surface area contributed by atoms with E-state index in [1.807, 2.05) is 6.92 Å². The van der Waals surface area contributed by atoms with Crippen LogP contribution >= 0.6 is 0 Å². The molecule has 1 aromatic rings. The first-order chi connectivity index (χ1) is 6.63. The molecule has 0 fully saturated rings. The van der Waals surface area contributed by atoms with E-state index in [9.17, 15) is 0 Å². The molecule has 1 aromatic carbocycles. The van der Waals surface area contributed by atoms with Crippen LogP contribution in [0.3, 0.4) is 0 Å². The third-order valence-corrected chi connectivity index (χ3v) is 2.30. The summed E-state index contributed by atoms with van der Waals surface area (Å²) in [6.45, 7) is 10.2. The minimum absolute atomic E-state index is 1.09. The van der Waals surface area contributed by atoms with E-state index in [4.69, 9.17) is 0 Å². The number of aryl methyl sites for hydroxylation is 2. The molecule has 0 saturated carbocycles. The van der Waals surface area contributed by atoms with E-state index in [2.05, 4.69) is 50.8 Å². The number of allylic oxidation sites excluding steroid dienone is 2. The van der Waals surface area contributed by atoms with Gasteiger partial charge in [0, 0.05) is 0 Å². The largest absolute Gasteiger partial charge is 0.0961 e. The summed E-state index contributed by atoms with van der Waals surface area (Å²) in [5.74, 6) is 0. The number of hydrogen-bond donors (Lipinski definition) is 0. The highest BCUT2D eigenvalue weighted by atomic mass is 14.0. The smallest absolute Gasteiger partial charge is 0.0225 e. The van der Waals surface area contributed by atoms with Crippen LogP contribution in [0.15, 0.2) is 36.4 Å². The summed E-state index contributed by atoms with van der Waals surface area (Å²) in [5, 5.41) is 0. The second kappa shape index (κ2) is 4.80. The van der Waals surface area contributed by atoms with Gasteiger partial charge in [0.15, 0.2) is 0 Å². The fourth-order valence-corrected chi connectivity index (χ4v) is 1.32. The minimum atomic E-state index is 1.09. The molecule has 0 heterocycles. The molecule has 0 spiro atoms. The second-order valence-corrected chi connectivity index (χ2v) is 3.72. The fraction of sp³-hybridized carbons (Fsp3) is 0.286. The molecule has 0 bridgehead atoms. The van der Waals surface area contributed by atoms with Crippen molar-refractivity contribution in [2.75, 3.05) is 0 Å². The van der Waals surface area contributed by atoms with Crippen molar-refractivity contribution in [2.24, 2.45) is 0 Å². The Kier molecular flexibility index (Phi) is 3.70. The van der Waals surface area contributed by atoms with E-state index < -0.39 is 0 Å². The molecule has 1 rings (SSSR count). The molecular formula is C14H18. The SMILES string of the molecule is C=C(C)C=Cc1cc(CC)ccc1C. The van der Waals surface area contributed by atoms with Crippen molar-refractivity contribution in [3.8, 4) is 0 Å². The van der Waals surface area contributed by atoms with Crippen molar-refractivity contribution in [1.29, 1.82) is 0 Å². The maximum Gasteiger partial charge on any atom is -0.0225 e. The summed E-state index contributed by atoms with van der Waals surface area (Å²) >= 11 is 0. The van der Waals surface area contributed by atoms with Gasteiger partial charge in [-0.15, -0.1) is 0 Å². The van der Waals surface area contributed by atoms with Gasteiger partial charge >= 0.3 is 0 Å². The van der Waals surface area contributed by atoms with Crippen LogP contribution in [0.2, 0.25) is 0 Å². The van der Waals surface area contributed by atoms with Crippen LogP contribution in [0.25, 0.3) is 6.08 Å². The quantitative estimate of drug-likeness (QED) is 0.622. The molecular weight excluding hydrogens is 168 g/mol. The molecule has 0 aliphatic carbocycles. The summed E-state index contributed by atoms with van der Waals surface area (Å²) < 4.78 is 0. The lowest BCUT2D eigenvalue weighted by atomic mass is 10.0. The van der Waals surface area contributed by atoms with Gasteiger partial charge in [-0.25, -0.2) is 0 Å². The lowest BCUT2D eigenvalue weighted by Crippen LogP contribution is -1.85. The van der Waals surface area contributed by atoms with Gasteiger partial charge in [0.25, 0.3) is 0 Å². The summed E-state index contributed by atoms with van der Waals surface area (Å²) in [5.41, 5.74) is 5.09. The average molecular weight is 186 g/mol. The normalized spacial score (nSPS) is 10.8. The van der Waals surface area contributed by atoms with Gasteiger partial charge < -0.3 is 0 Å². The summed E-state index contributed by atoms with van der Waals surface area (Å²) in [6.07, 6.45) is 5.28. The molecule has 0 saturated heterocycles. The van der Waals surface area contributed by atoms with Crippen LogP contribution in [-0.4, -0.2) is 0 Å². The van der Waals surface area contributed by atoms with Crippen LogP contribution in [0.1, 0.15) is 30.5 Å². The van der Waals surface area contributed by atoms with Gasteiger partial charge in [-0.1, -0.05) is 49.4 Å². The van der Waals surface area contributed by atoms with Crippen LogP contribution < -0.4 is 0 Å². The Morgan fingerprint density at radius 3 is 2.71 bits per heavy atom. The molecule has 0 heteroatoms. The average Bonchev–Trinajstić information content (AvgIpc) is 2.16.